The molecule has 4 nitrogen and oxygen atoms in total. The SMILES string of the molecule is COc1ccc2c(c1)CC[C@@H]1[C@@](O)(CO)[C@@H](O)CC[C@]21C. The Morgan fingerprint density at radius 3 is 2.76 bits per heavy atom. The van der Waals surface area contributed by atoms with Crippen molar-refractivity contribution in [3.8, 4) is 5.75 Å². The van der Waals surface area contributed by atoms with Crippen molar-refractivity contribution < 1.29 is 20.1 Å². The number of benzene rings is 1. The minimum atomic E-state index is -1.40. The Morgan fingerprint density at radius 1 is 1.33 bits per heavy atom. The Morgan fingerprint density at radius 2 is 2.10 bits per heavy atom. The Bertz CT molecular complexity index is 544. The van der Waals surface area contributed by atoms with Crippen molar-refractivity contribution >= 4 is 0 Å². The summed E-state index contributed by atoms with van der Waals surface area (Å²) >= 11 is 0. The van der Waals surface area contributed by atoms with Gasteiger partial charge in [0.1, 0.15) is 11.4 Å². The van der Waals surface area contributed by atoms with E-state index in [4.69, 9.17) is 4.74 Å². The lowest BCUT2D eigenvalue weighted by molar-refractivity contribution is -0.184. The maximum absolute atomic E-state index is 10.8. The largest absolute Gasteiger partial charge is 0.497 e. The molecule has 116 valence electrons. The summed E-state index contributed by atoms with van der Waals surface area (Å²) in [5.74, 6) is 0.726. The second kappa shape index (κ2) is 4.97. The third kappa shape index (κ3) is 2.00. The molecule has 0 unspecified atom stereocenters. The summed E-state index contributed by atoms with van der Waals surface area (Å²) in [5.41, 5.74) is 0.865. The number of hydrogen-bond donors (Lipinski definition) is 3. The summed E-state index contributed by atoms with van der Waals surface area (Å²) in [6.07, 6.45) is 2.09. The van der Waals surface area contributed by atoms with E-state index in [-0.39, 0.29) is 17.9 Å². The Balaban J connectivity index is 2.07. The molecule has 1 fully saturated rings. The van der Waals surface area contributed by atoms with Crippen LogP contribution in [-0.2, 0) is 11.8 Å². The van der Waals surface area contributed by atoms with Crippen molar-refractivity contribution in [1.82, 2.24) is 0 Å². The molecule has 4 atom stereocenters. The first kappa shape index (κ1) is 14.8. The third-order valence-corrected chi connectivity index (χ3v) is 5.77. The van der Waals surface area contributed by atoms with E-state index in [2.05, 4.69) is 19.1 Å². The van der Waals surface area contributed by atoms with Crippen LogP contribution in [0.2, 0.25) is 0 Å². The predicted molar refractivity (Wildman–Crippen MR) is 79.4 cm³/mol. The minimum Gasteiger partial charge on any atom is -0.497 e. The predicted octanol–water partition coefficient (Wildman–Crippen LogP) is 1.39. The van der Waals surface area contributed by atoms with Crippen molar-refractivity contribution in [3.05, 3.63) is 29.3 Å². The van der Waals surface area contributed by atoms with Crippen LogP contribution in [0.5, 0.6) is 5.75 Å². The van der Waals surface area contributed by atoms with Gasteiger partial charge in [-0.15, -0.1) is 0 Å². The summed E-state index contributed by atoms with van der Waals surface area (Å²) in [7, 11) is 1.66. The highest BCUT2D eigenvalue weighted by atomic mass is 16.5. The molecule has 1 aromatic carbocycles. The third-order valence-electron chi connectivity index (χ3n) is 5.77. The monoisotopic (exact) mass is 292 g/mol. The van der Waals surface area contributed by atoms with Gasteiger partial charge in [-0.1, -0.05) is 13.0 Å². The van der Waals surface area contributed by atoms with Crippen molar-refractivity contribution in [2.24, 2.45) is 5.92 Å². The first-order valence-corrected chi connectivity index (χ1v) is 7.64. The van der Waals surface area contributed by atoms with Gasteiger partial charge in [-0.3, -0.25) is 0 Å². The molecule has 1 saturated carbocycles. The van der Waals surface area contributed by atoms with Crippen molar-refractivity contribution in [3.63, 3.8) is 0 Å². The van der Waals surface area contributed by atoms with Crippen LogP contribution >= 0.6 is 0 Å². The maximum atomic E-state index is 10.8. The first-order chi connectivity index (χ1) is 9.95. The van der Waals surface area contributed by atoms with Gasteiger partial charge in [0.25, 0.3) is 0 Å². The molecule has 0 aromatic heterocycles. The Labute approximate surface area is 125 Å². The fraction of sp³-hybridized carbons (Fsp3) is 0.647. The number of fused-ring (bicyclic) bond motifs is 3. The van der Waals surface area contributed by atoms with E-state index in [1.807, 2.05) is 6.07 Å². The summed E-state index contributed by atoms with van der Waals surface area (Å²) < 4.78 is 5.30. The molecular weight excluding hydrogens is 268 g/mol. The summed E-state index contributed by atoms with van der Waals surface area (Å²) in [5, 5.41) is 30.7. The van der Waals surface area contributed by atoms with E-state index in [1.165, 1.54) is 11.1 Å². The lowest BCUT2D eigenvalue weighted by Gasteiger charge is -2.55. The summed E-state index contributed by atoms with van der Waals surface area (Å²) in [6, 6.07) is 6.10. The van der Waals surface area contributed by atoms with Gasteiger partial charge in [0, 0.05) is 5.92 Å². The van der Waals surface area contributed by atoms with Crippen LogP contribution in [0, 0.1) is 5.92 Å². The molecule has 3 rings (SSSR count). The molecule has 2 aliphatic carbocycles. The molecule has 3 N–H and O–H groups in total. The van der Waals surface area contributed by atoms with E-state index in [9.17, 15) is 15.3 Å². The highest BCUT2D eigenvalue weighted by Gasteiger charge is 2.57. The van der Waals surface area contributed by atoms with Crippen molar-refractivity contribution in [2.75, 3.05) is 13.7 Å². The molecule has 0 aliphatic heterocycles. The second-order valence-corrected chi connectivity index (χ2v) is 6.74. The van der Waals surface area contributed by atoms with E-state index in [0.717, 1.165) is 25.0 Å². The first-order valence-electron chi connectivity index (χ1n) is 7.64. The fourth-order valence-corrected chi connectivity index (χ4v) is 4.51. The molecule has 0 amide bonds. The van der Waals surface area contributed by atoms with Gasteiger partial charge < -0.3 is 20.1 Å². The van der Waals surface area contributed by atoms with Crippen LogP contribution in [0.4, 0.5) is 0 Å². The average molecular weight is 292 g/mol. The van der Waals surface area contributed by atoms with Gasteiger partial charge in [0.2, 0.25) is 0 Å². The zero-order chi connectivity index (χ0) is 15.3. The lowest BCUT2D eigenvalue weighted by Crippen LogP contribution is -2.62. The smallest absolute Gasteiger partial charge is 0.119 e. The number of aliphatic hydroxyl groups is 3. The molecule has 0 heterocycles. The van der Waals surface area contributed by atoms with Gasteiger partial charge >= 0.3 is 0 Å². The number of methoxy groups -OCH3 is 1. The van der Waals surface area contributed by atoms with E-state index < -0.39 is 11.7 Å². The van der Waals surface area contributed by atoms with Crippen LogP contribution in [0.15, 0.2) is 18.2 Å². The van der Waals surface area contributed by atoms with Gasteiger partial charge in [-0.2, -0.15) is 0 Å². The molecular formula is C17H24O4. The zero-order valence-corrected chi connectivity index (χ0v) is 12.7. The summed E-state index contributed by atoms with van der Waals surface area (Å²) in [6.45, 7) is 1.76. The number of aryl methyl sites for hydroxylation is 1. The van der Waals surface area contributed by atoms with Crippen LogP contribution in [-0.4, -0.2) is 40.7 Å². The lowest BCUT2D eigenvalue weighted by atomic mass is 9.52. The normalized spacial score (nSPS) is 38.5. The van der Waals surface area contributed by atoms with Gasteiger partial charge in [-0.05, 0) is 54.4 Å². The topological polar surface area (TPSA) is 69.9 Å². The average Bonchev–Trinajstić information content (AvgIpc) is 2.51. The van der Waals surface area contributed by atoms with Gasteiger partial charge in [-0.25, -0.2) is 0 Å². The number of rotatable bonds is 2. The maximum Gasteiger partial charge on any atom is 0.119 e. The Kier molecular flexibility index (Phi) is 3.51. The van der Waals surface area contributed by atoms with E-state index >= 15 is 0 Å². The van der Waals surface area contributed by atoms with Gasteiger partial charge in [0.15, 0.2) is 0 Å². The second-order valence-electron chi connectivity index (χ2n) is 6.74. The molecule has 0 spiro atoms. The van der Waals surface area contributed by atoms with Gasteiger partial charge in [0.05, 0.1) is 19.8 Å². The van der Waals surface area contributed by atoms with Crippen molar-refractivity contribution in [1.29, 1.82) is 0 Å². The molecule has 21 heavy (non-hydrogen) atoms. The van der Waals surface area contributed by atoms with E-state index in [1.54, 1.807) is 7.11 Å². The Hall–Kier alpha value is -1.10. The molecule has 2 aliphatic rings. The van der Waals surface area contributed by atoms with Crippen LogP contribution in [0.25, 0.3) is 0 Å². The van der Waals surface area contributed by atoms with Crippen LogP contribution in [0.1, 0.15) is 37.3 Å². The van der Waals surface area contributed by atoms with E-state index in [0.29, 0.717) is 6.42 Å². The van der Waals surface area contributed by atoms with Crippen LogP contribution < -0.4 is 4.74 Å². The minimum absolute atomic E-state index is 0.125. The molecule has 0 saturated heterocycles. The molecule has 1 aromatic rings. The van der Waals surface area contributed by atoms with Crippen molar-refractivity contribution in [2.45, 2.75) is 49.7 Å². The number of aliphatic hydroxyl groups excluding tert-OH is 2. The summed E-state index contributed by atoms with van der Waals surface area (Å²) in [4.78, 5) is 0. The highest BCUT2D eigenvalue weighted by molar-refractivity contribution is 5.43. The molecule has 0 radical (unpaired) electrons. The highest BCUT2D eigenvalue weighted by Crippen LogP contribution is 2.53. The molecule has 4 heteroatoms. The number of hydrogen-bond acceptors (Lipinski definition) is 4. The van der Waals surface area contributed by atoms with Crippen LogP contribution in [0.3, 0.4) is 0 Å². The standard InChI is InChI=1S/C17H24O4/c1-16-8-7-15(19)17(20,10-18)14(16)6-3-11-9-12(21-2)4-5-13(11)16/h4-5,9,14-15,18-20H,3,6-8,10H2,1-2H3/t14-,15-,16+,17-/m0/s1. The zero-order valence-electron chi connectivity index (χ0n) is 12.7. The molecule has 0 bridgehead atoms. The quantitative estimate of drug-likeness (QED) is 0.770. The number of ether oxygens (including phenoxy) is 1. The fourth-order valence-electron chi connectivity index (χ4n) is 4.51.